The molecule has 8 nitrogen and oxygen atoms in total. The standard InChI is InChI=1S/C10H11N5O3/c1-6(2-9(12)16)14-10-8(15(17)18)3-7(4-11)5-13-10/h3,5-6H,2H2,1H3,(H2,12,16)(H,13,14). The highest BCUT2D eigenvalue weighted by molar-refractivity contribution is 5.75. The van der Waals surface area contributed by atoms with E-state index in [9.17, 15) is 14.9 Å². The number of amides is 1. The van der Waals surface area contributed by atoms with Crippen LogP contribution in [0.5, 0.6) is 0 Å². The van der Waals surface area contributed by atoms with Crippen LogP contribution >= 0.6 is 0 Å². The Morgan fingerprint density at radius 3 is 2.94 bits per heavy atom. The maximum absolute atomic E-state index is 10.8. The summed E-state index contributed by atoms with van der Waals surface area (Å²) in [5.74, 6) is -0.515. The smallest absolute Gasteiger partial charge is 0.312 e. The lowest BCUT2D eigenvalue weighted by Gasteiger charge is -2.12. The summed E-state index contributed by atoms with van der Waals surface area (Å²) in [5, 5.41) is 22.2. The molecule has 1 rings (SSSR count). The van der Waals surface area contributed by atoms with E-state index in [1.54, 1.807) is 13.0 Å². The number of hydrogen-bond acceptors (Lipinski definition) is 6. The summed E-state index contributed by atoms with van der Waals surface area (Å²) in [6, 6.07) is 2.50. The van der Waals surface area contributed by atoms with Crippen LogP contribution in [-0.4, -0.2) is 21.9 Å². The number of carbonyl (C=O) groups is 1. The molecule has 1 heterocycles. The van der Waals surface area contributed by atoms with Gasteiger partial charge in [0.15, 0.2) is 0 Å². The van der Waals surface area contributed by atoms with Crippen molar-refractivity contribution in [2.24, 2.45) is 5.73 Å². The second-order valence-electron chi connectivity index (χ2n) is 3.68. The monoisotopic (exact) mass is 249 g/mol. The van der Waals surface area contributed by atoms with Gasteiger partial charge < -0.3 is 11.1 Å². The highest BCUT2D eigenvalue weighted by Gasteiger charge is 2.18. The minimum absolute atomic E-state index is 0.00718. The fourth-order valence-corrected chi connectivity index (χ4v) is 1.35. The molecule has 0 aliphatic rings. The zero-order valence-corrected chi connectivity index (χ0v) is 9.58. The molecule has 1 atom stereocenters. The molecule has 0 radical (unpaired) electrons. The van der Waals surface area contributed by atoms with Crippen LogP contribution in [0, 0.1) is 21.4 Å². The van der Waals surface area contributed by atoms with Gasteiger partial charge in [-0.2, -0.15) is 5.26 Å². The number of nitro groups is 1. The van der Waals surface area contributed by atoms with Gasteiger partial charge in [-0.25, -0.2) is 4.98 Å². The maximum atomic E-state index is 10.8. The van der Waals surface area contributed by atoms with Gasteiger partial charge in [0.1, 0.15) is 6.07 Å². The van der Waals surface area contributed by atoms with Gasteiger partial charge in [0.05, 0.1) is 10.5 Å². The summed E-state index contributed by atoms with van der Waals surface area (Å²) in [5.41, 5.74) is 4.79. The van der Waals surface area contributed by atoms with E-state index in [1.165, 1.54) is 6.20 Å². The van der Waals surface area contributed by atoms with E-state index in [0.717, 1.165) is 6.07 Å². The van der Waals surface area contributed by atoms with Crippen LogP contribution in [0.4, 0.5) is 11.5 Å². The maximum Gasteiger partial charge on any atom is 0.312 e. The van der Waals surface area contributed by atoms with Gasteiger partial charge in [0.25, 0.3) is 0 Å². The molecule has 0 aliphatic heterocycles. The van der Waals surface area contributed by atoms with E-state index in [2.05, 4.69) is 10.3 Å². The van der Waals surface area contributed by atoms with Gasteiger partial charge >= 0.3 is 5.69 Å². The molecule has 1 unspecified atom stereocenters. The van der Waals surface area contributed by atoms with E-state index < -0.39 is 10.8 Å². The van der Waals surface area contributed by atoms with Crippen molar-refractivity contribution in [2.75, 3.05) is 5.32 Å². The Kier molecular flexibility index (Phi) is 4.15. The van der Waals surface area contributed by atoms with Crippen LogP contribution < -0.4 is 11.1 Å². The summed E-state index contributed by atoms with van der Waals surface area (Å²) in [4.78, 5) is 24.7. The molecule has 0 bridgehead atoms. The van der Waals surface area contributed by atoms with Gasteiger partial charge in [0.2, 0.25) is 11.7 Å². The van der Waals surface area contributed by atoms with Crippen LogP contribution in [-0.2, 0) is 4.79 Å². The molecule has 3 N–H and O–H groups in total. The first-order chi connectivity index (χ1) is 8.43. The number of nitrogens with one attached hydrogen (secondary N) is 1. The molecular formula is C10H11N5O3. The first kappa shape index (κ1) is 13.4. The first-order valence-corrected chi connectivity index (χ1v) is 5.03. The Morgan fingerprint density at radius 1 is 1.78 bits per heavy atom. The molecule has 0 saturated carbocycles. The Balaban J connectivity index is 2.98. The number of aromatic nitrogens is 1. The molecule has 8 heteroatoms. The van der Waals surface area contributed by atoms with E-state index in [4.69, 9.17) is 11.0 Å². The number of nitrogens with zero attached hydrogens (tertiary/aromatic N) is 3. The van der Waals surface area contributed by atoms with Crippen molar-refractivity contribution >= 4 is 17.4 Å². The van der Waals surface area contributed by atoms with Crippen molar-refractivity contribution in [3.8, 4) is 6.07 Å². The number of hydrogen-bond donors (Lipinski definition) is 2. The fourth-order valence-electron chi connectivity index (χ4n) is 1.35. The zero-order valence-electron chi connectivity index (χ0n) is 9.58. The van der Waals surface area contributed by atoms with E-state index in [-0.39, 0.29) is 29.5 Å². The van der Waals surface area contributed by atoms with Gasteiger partial charge in [-0.15, -0.1) is 0 Å². The van der Waals surface area contributed by atoms with Crippen LogP contribution in [0.25, 0.3) is 0 Å². The van der Waals surface area contributed by atoms with Gasteiger partial charge in [-0.1, -0.05) is 0 Å². The number of pyridine rings is 1. The van der Waals surface area contributed by atoms with E-state index >= 15 is 0 Å². The lowest BCUT2D eigenvalue weighted by atomic mass is 10.2. The Bertz CT molecular complexity index is 523. The molecule has 0 aliphatic carbocycles. The Hall–Kier alpha value is -2.69. The van der Waals surface area contributed by atoms with Crippen LogP contribution in [0.2, 0.25) is 0 Å². The molecule has 94 valence electrons. The molecule has 18 heavy (non-hydrogen) atoms. The largest absolute Gasteiger partial charge is 0.370 e. The molecule has 0 saturated heterocycles. The van der Waals surface area contributed by atoms with Crippen molar-refractivity contribution in [1.29, 1.82) is 5.26 Å². The number of nitrogens with two attached hydrogens (primary N) is 1. The summed E-state index contributed by atoms with van der Waals surface area (Å²) in [6.07, 6.45) is 1.24. The van der Waals surface area contributed by atoms with E-state index in [1.807, 2.05) is 0 Å². The number of anilines is 1. The third-order valence-electron chi connectivity index (χ3n) is 2.08. The second kappa shape index (κ2) is 5.58. The average molecular weight is 249 g/mol. The summed E-state index contributed by atoms with van der Waals surface area (Å²) in [6.45, 7) is 1.65. The minimum atomic E-state index is -0.646. The zero-order chi connectivity index (χ0) is 13.7. The SMILES string of the molecule is CC(CC(N)=O)Nc1ncc(C#N)cc1[N+](=O)[O-]. The highest BCUT2D eigenvalue weighted by atomic mass is 16.6. The van der Waals surface area contributed by atoms with Crippen molar-refractivity contribution in [1.82, 2.24) is 4.98 Å². The lowest BCUT2D eigenvalue weighted by molar-refractivity contribution is -0.384. The van der Waals surface area contributed by atoms with Gasteiger partial charge in [0, 0.05) is 24.7 Å². The van der Waals surface area contributed by atoms with Crippen molar-refractivity contribution in [3.05, 3.63) is 27.9 Å². The molecular weight excluding hydrogens is 238 g/mol. The van der Waals surface area contributed by atoms with Crippen molar-refractivity contribution in [2.45, 2.75) is 19.4 Å². The molecule has 0 aromatic carbocycles. The number of primary amides is 1. The third-order valence-corrected chi connectivity index (χ3v) is 2.08. The van der Waals surface area contributed by atoms with E-state index in [0.29, 0.717) is 0 Å². The van der Waals surface area contributed by atoms with Crippen LogP contribution in [0.3, 0.4) is 0 Å². The van der Waals surface area contributed by atoms with Crippen LogP contribution in [0.15, 0.2) is 12.3 Å². The quantitative estimate of drug-likeness (QED) is 0.577. The third kappa shape index (κ3) is 3.41. The fraction of sp³-hybridized carbons (Fsp3) is 0.300. The number of carbonyl (C=O) groups excluding carboxylic acids is 1. The predicted octanol–water partition coefficient (Wildman–Crippen LogP) is 0.537. The molecule has 0 fully saturated rings. The highest BCUT2D eigenvalue weighted by Crippen LogP contribution is 2.23. The minimum Gasteiger partial charge on any atom is -0.370 e. The predicted molar refractivity (Wildman–Crippen MR) is 62.5 cm³/mol. The Morgan fingerprint density at radius 2 is 2.44 bits per heavy atom. The molecule has 1 amide bonds. The summed E-state index contributed by atoms with van der Waals surface area (Å²) in [7, 11) is 0. The summed E-state index contributed by atoms with van der Waals surface area (Å²) >= 11 is 0. The molecule has 1 aromatic rings. The topological polar surface area (TPSA) is 135 Å². The molecule has 1 aromatic heterocycles. The van der Waals surface area contributed by atoms with Gasteiger partial charge in [-0.05, 0) is 6.92 Å². The summed E-state index contributed by atoms with van der Waals surface area (Å²) < 4.78 is 0. The lowest BCUT2D eigenvalue weighted by Crippen LogP contribution is -2.24. The first-order valence-electron chi connectivity index (χ1n) is 5.03. The second-order valence-corrected chi connectivity index (χ2v) is 3.68. The Labute approximate surface area is 103 Å². The number of nitriles is 1. The average Bonchev–Trinajstić information content (AvgIpc) is 2.28. The van der Waals surface area contributed by atoms with Crippen molar-refractivity contribution in [3.63, 3.8) is 0 Å². The van der Waals surface area contributed by atoms with Crippen molar-refractivity contribution < 1.29 is 9.72 Å². The molecule has 0 spiro atoms. The normalized spacial score (nSPS) is 11.3. The number of rotatable bonds is 5. The van der Waals surface area contributed by atoms with Crippen LogP contribution in [0.1, 0.15) is 18.9 Å². The van der Waals surface area contributed by atoms with Gasteiger partial charge in [-0.3, -0.25) is 14.9 Å².